The molecule has 4 heteroatoms. The molecule has 72 valence electrons. The highest BCUT2D eigenvalue weighted by atomic mass is 16.5. The highest BCUT2D eigenvalue weighted by Gasteiger charge is 2.08. The fraction of sp³-hybridized carbons (Fsp3) is 0.100. The highest BCUT2D eigenvalue weighted by molar-refractivity contribution is 5.50. The second-order valence-electron chi connectivity index (χ2n) is 2.86. The van der Waals surface area contributed by atoms with E-state index < -0.39 is 0 Å². The molecule has 0 saturated heterocycles. The highest BCUT2D eigenvalue weighted by Crippen LogP contribution is 2.23. The molecule has 14 heavy (non-hydrogen) atoms. The molecule has 0 unspecified atom stereocenters. The van der Waals surface area contributed by atoms with Gasteiger partial charge in [0.1, 0.15) is 5.69 Å². The molecule has 1 heterocycles. The number of hydrogen-bond donors (Lipinski definition) is 1. The summed E-state index contributed by atoms with van der Waals surface area (Å²) in [7, 11) is 1.58. The molecule has 4 nitrogen and oxygen atoms in total. The van der Waals surface area contributed by atoms with Gasteiger partial charge in [-0.1, -0.05) is 18.2 Å². The molecule has 2 aromatic rings. The molecule has 1 aromatic carbocycles. The number of rotatable bonds is 2. The predicted octanol–water partition coefficient (Wildman–Crippen LogP) is 1.46. The van der Waals surface area contributed by atoms with Crippen molar-refractivity contribution in [2.45, 2.75) is 0 Å². The summed E-state index contributed by atoms with van der Waals surface area (Å²) >= 11 is 0. The Balaban J connectivity index is 2.52. The Morgan fingerprint density at radius 2 is 2.00 bits per heavy atom. The third-order valence-electron chi connectivity index (χ3n) is 1.95. The number of benzene rings is 1. The largest absolute Gasteiger partial charge is 0.479 e. The minimum absolute atomic E-state index is 0.538. The molecule has 0 fully saturated rings. The molecule has 0 radical (unpaired) electrons. The average molecular weight is 189 g/mol. The molecule has 0 atom stereocenters. The van der Waals surface area contributed by atoms with Gasteiger partial charge in [0.15, 0.2) is 0 Å². The smallest absolute Gasteiger partial charge is 0.240 e. The van der Waals surface area contributed by atoms with E-state index in [1.165, 1.54) is 0 Å². The summed E-state index contributed by atoms with van der Waals surface area (Å²) < 4.78 is 6.81. The molecule has 0 bridgehead atoms. The van der Waals surface area contributed by atoms with Gasteiger partial charge >= 0.3 is 0 Å². The zero-order valence-electron chi connectivity index (χ0n) is 7.84. The number of para-hydroxylation sites is 1. The summed E-state index contributed by atoms with van der Waals surface area (Å²) in [5.74, 6) is 0.566. The molecular formula is C10H11N3O. The van der Waals surface area contributed by atoms with Gasteiger partial charge in [-0.3, -0.25) is 0 Å². The van der Waals surface area contributed by atoms with Gasteiger partial charge in [-0.25, -0.2) is 0 Å². The maximum atomic E-state index is 5.68. The average Bonchev–Trinajstić information content (AvgIpc) is 2.61. The van der Waals surface area contributed by atoms with E-state index in [0.29, 0.717) is 11.6 Å². The summed E-state index contributed by atoms with van der Waals surface area (Å²) in [6.45, 7) is 0. The fourth-order valence-corrected chi connectivity index (χ4v) is 1.31. The topological polar surface area (TPSA) is 53.1 Å². The number of nitrogens with zero attached hydrogens (tertiary/aromatic N) is 2. The third-order valence-corrected chi connectivity index (χ3v) is 1.95. The summed E-state index contributed by atoms with van der Waals surface area (Å²) in [5.41, 5.74) is 7.15. The second kappa shape index (κ2) is 3.41. The Hall–Kier alpha value is -1.97. The predicted molar refractivity (Wildman–Crippen MR) is 54.5 cm³/mol. The van der Waals surface area contributed by atoms with Crippen LogP contribution in [0.1, 0.15) is 0 Å². The first-order valence-electron chi connectivity index (χ1n) is 4.26. The Morgan fingerprint density at radius 1 is 1.29 bits per heavy atom. The van der Waals surface area contributed by atoms with E-state index in [1.807, 2.05) is 30.3 Å². The monoisotopic (exact) mass is 189 g/mol. The van der Waals surface area contributed by atoms with Crippen LogP contribution in [0.5, 0.6) is 5.88 Å². The molecule has 2 N–H and O–H groups in total. The number of hydrogen-bond acceptors (Lipinski definition) is 3. The lowest BCUT2D eigenvalue weighted by Gasteiger charge is -2.05. The molecule has 0 aliphatic rings. The minimum Gasteiger partial charge on any atom is -0.479 e. The summed E-state index contributed by atoms with van der Waals surface area (Å²) in [6, 6.07) is 9.70. The molecule has 1 aromatic heterocycles. The van der Waals surface area contributed by atoms with Crippen LogP contribution < -0.4 is 10.5 Å². The maximum Gasteiger partial charge on any atom is 0.240 e. The van der Waals surface area contributed by atoms with Crippen LogP contribution >= 0.6 is 0 Å². The fourth-order valence-electron chi connectivity index (χ4n) is 1.31. The quantitative estimate of drug-likeness (QED) is 0.778. The number of ether oxygens (including phenoxy) is 1. The number of anilines is 1. The van der Waals surface area contributed by atoms with Gasteiger partial charge in [0.25, 0.3) is 0 Å². The van der Waals surface area contributed by atoms with Crippen molar-refractivity contribution in [2.24, 2.45) is 0 Å². The van der Waals surface area contributed by atoms with Crippen LogP contribution in [-0.4, -0.2) is 16.9 Å². The summed E-state index contributed by atoms with van der Waals surface area (Å²) in [4.78, 5) is 0. The molecule has 0 aliphatic carbocycles. The zero-order chi connectivity index (χ0) is 9.97. The van der Waals surface area contributed by atoms with Crippen molar-refractivity contribution < 1.29 is 4.74 Å². The first-order valence-corrected chi connectivity index (χ1v) is 4.26. The van der Waals surface area contributed by atoms with Crippen LogP contribution in [0.2, 0.25) is 0 Å². The standard InChI is InChI=1S/C10H11N3O/c1-14-10-9(11)7-12-13(10)8-5-3-2-4-6-8/h2-7H,11H2,1H3. The van der Waals surface area contributed by atoms with E-state index in [9.17, 15) is 0 Å². The molecular weight excluding hydrogens is 178 g/mol. The molecule has 0 aliphatic heterocycles. The first kappa shape index (κ1) is 8.62. The number of nitrogens with two attached hydrogens (primary N) is 1. The van der Waals surface area contributed by atoms with E-state index in [0.717, 1.165) is 5.69 Å². The van der Waals surface area contributed by atoms with Gasteiger partial charge in [0.05, 0.1) is 19.0 Å². The Bertz CT molecular complexity index is 422. The SMILES string of the molecule is COc1c(N)cnn1-c1ccccc1. The Labute approximate surface area is 81.9 Å². The lowest BCUT2D eigenvalue weighted by Crippen LogP contribution is -2.00. The summed E-state index contributed by atoms with van der Waals surface area (Å²) in [5, 5.41) is 4.12. The third kappa shape index (κ3) is 1.31. The van der Waals surface area contributed by atoms with Gasteiger partial charge in [-0.15, -0.1) is 0 Å². The number of nitrogen functional groups attached to an aromatic ring is 1. The molecule has 0 spiro atoms. The van der Waals surface area contributed by atoms with Crippen LogP contribution in [0.3, 0.4) is 0 Å². The zero-order valence-corrected chi connectivity index (χ0v) is 7.84. The van der Waals surface area contributed by atoms with Crippen molar-refractivity contribution in [3.05, 3.63) is 36.5 Å². The minimum atomic E-state index is 0.538. The lowest BCUT2D eigenvalue weighted by molar-refractivity contribution is 0.385. The maximum absolute atomic E-state index is 5.68. The van der Waals surface area contributed by atoms with Crippen molar-refractivity contribution >= 4 is 5.69 Å². The van der Waals surface area contributed by atoms with Gasteiger partial charge in [0.2, 0.25) is 5.88 Å². The van der Waals surface area contributed by atoms with Crippen LogP contribution in [0.25, 0.3) is 5.69 Å². The van der Waals surface area contributed by atoms with Gasteiger partial charge in [-0.2, -0.15) is 9.78 Å². The van der Waals surface area contributed by atoms with Crippen molar-refractivity contribution in [1.29, 1.82) is 0 Å². The van der Waals surface area contributed by atoms with E-state index >= 15 is 0 Å². The first-order chi connectivity index (χ1) is 6.83. The number of methoxy groups -OCH3 is 1. The van der Waals surface area contributed by atoms with Gasteiger partial charge < -0.3 is 10.5 Å². The van der Waals surface area contributed by atoms with Crippen LogP contribution in [0, 0.1) is 0 Å². The van der Waals surface area contributed by atoms with Crippen LogP contribution in [0.4, 0.5) is 5.69 Å². The Kier molecular flexibility index (Phi) is 2.10. The van der Waals surface area contributed by atoms with E-state index in [1.54, 1.807) is 18.0 Å². The molecule has 2 rings (SSSR count). The van der Waals surface area contributed by atoms with Crippen LogP contribution in [0.15, 0.2) is 36.5 Å². The molecule has 0 saturated carbocycles. The van der Waals surface area contributed by atoms with Crippen LogP contribution in [-0.2, 0) is 0 Å². The van der Waals surface area contributed by atoms with Crippen molar-refractivity contribution in [3.63, 3.8) is 0 Å². The second-order valence-corrected chi connectivity index (χ2v) is 2.86. The summed E-state index contributed by atoms with van der Waals surface area (Å²) in [6.07, 6.45) is 1.58. The lowest BCUT2D eigenvalue weighted by atomic mass is 10.3. The van der Waals surface area contributed by atoms with Gasteiger partial charge in [0, 0.05) is 0 Å². The van der Waals surface area contributed by atoms with E-state index in [2.05, 4.69) is 5.10 Å². The van der Waals surface area contributed by atoms with E-state index in [4.69, 9.17) is 10.5 Å². The number of aromatic nitrogens is 2. The van der Waals surface area contributed by atoms with E-state index in [-0.39, 0.29) is 0 Å². The van der Waals surface area contributed by atoms with Crippen molar-refractivity contribution in [2.75, 3.05) is 12.8 Å². The Morgan fingerprint density at radius 3 is 2.64 bits per heavy atom. The van der Waals surface area contributed by atoms with Crippen molar-refractivity contribution in [3.8, 4) is 11.6 Å². The normalized spacial score (nSPS) is 10.1. The van der Waals surface area contributed by atoms with Gasteiger partial charge in [-0.05, 0) is 12.1 Å². The molecule has 0 amide bonds. The van der Waals surface area contributed by atoms with Crippen molar-refractivity contribution in [1.82, 2.24) is 9.78 Å².